The summed E-state index contributed by atoms with van der Waals surface area (Å²) in [5.41, 5.74) is 0.762. The van der Waals surface area contributed by atoms with Gasteiger partial charge in [0.1, 0.15) is 0 Å². The van der Waals surface area contributed by atoms with Gasteiger partial charge in [0.25, 0.3) is 0 Å². The molecule has 2 heteroatoms. The first-order valence-corrected chi connectivity index (χ1v) is 3.22. The van der Waals surface area contributed by atoms with E-state index in [2.05, 4.69) is 0 Å². The fraction of sp³-hybridized carbons (Fsp3) is 0.111. The molecule has 0 spiro atoms. The second-order valence-electron chi connectivity index (χ2n) is 2.10. The van der Waals surface area contributed by atoms with Gasteiger partial charge in [0, 0.05) is 0 Å². The highest BCUT2D eigenvalue weighted by atomic mass is 14.3. The SMILES string of the molecule is N#CC(C#N)c1ccccc1. The Morgan fingerprint density at radius 3 is 2.00 bits per heavy atom. The molecule has 0 aromatic heterocycles. The molecule has 0 N–H and O–H groups in total. The fourth-order valence-electron chi connectivity index (χ4n) is 0.823. The van der Waals surface area contributed by atoms with Crippen molar-refractivity contribution in [2.24, 2.45) is 0 Å². The van der Waals surface area contributed by atoms with Crippen LogP contribution < -0.4 is 0 Å². The summed E-state index contributed by atoms with van der Waals surface area (Å²) in [6.45, 7) is 0. The van der Waals surface area contributed by atoms with Crippen molar-refractivity contribution in [3.63, 3.8) is 0 Å². The maximum Gasteiger partial charge on any atom is 0.158 e. The first-order chi connectivity index (χ1) is 5.38. The molecule has 0 amide bonds. The van der Waals surface area contributed by atoms with E-state index < -0.39 is 5.92 Å². The summed E-state index contributed by atoms with van der Waals surface area (Å²) < 4.78 is 0. The highest BCUT2D eigenvalue weighted by Crippen LogP contribution is 2.11. The number of hydrogen-bond acceptors (Lipinski definition) is 2. The van der Waals surface area contributed by atoms with Gasteiger partial charge in [-0.2, -0.15) is 10.5 Å². The lowest BCUT2D eigenvalue weighted by Gasteiger charge is -1.96. The predicted molar refractivity (Wildman–Crippen MR) is 40.4 cm³/mol. The predicted octanol–water partition coefficient (Wildman–Crippen LogP) is 1.82. The van der Waals surface area contributed by atoms with Crippen LogP contribution in [0.5, 0.6) is 0 Å². The maximum atomic E-state index is 8.51. The highest BCUT2D eigenvalue weighted by molar-refractivity contribution is 5.30. The van der Waals surface area contributed by atoms with Gasteiger partial charge in [-0.15, -0.1) is 0 Å². The van der Waals surface area contributed by atoms with Crippen molar-refractivity contribution in [1.82, 2.24) is 0 Å². The van der Waals surface area contributed by atoms with Crippen molar-refractivity contribution in [3.05, 3.63) is 35.9 Å². The first-order valence-electron chi connectivity index (χ1n) is 3.22. The molecule has 0 heterocycles. The van der Waals surface area contributed by atoms with E-state index in [1.165, 1.54) is 0 Å². The van der Waals surface area contributed by atoms with E-state index in [4.69, 9.17) is 10.5 Å². The average Bonchev–Trinajstić information content (AvgIpc) is 2.09. The van der Waals surface area contributed by atoms with Crippen LogP contribution in [0.1, 0.15) is 11.5 Å². The second-order valence-corrected chi connectivity index (χ2v) is 2.10. The van der Waals surface area contributed by atoms with Gasteiger partial charge in [0.2, 0.25) is 0 Å². The van der Waals surface area contributed by atoms with Crippen LogP contribution in [0.3, 0.4) is 0 Å². The van der Waals surface area contributed by atoms with Crippen LogP contribution in [-0.4, -0.2) is 0 Å². The number of nitriles is 2. The monoisotopic (exact) mass is 142 g/mol. The molecule has 1 aromatic rings. The van der Waals surface area contributed by atoms with Crippen LogP contribution in [0.4, 0.5) is 0 Å². The Kier molecular flexibility index (Phi) is 2.25. The van der Waals surface area contributed by atoms with Crippen molar-refractivity contribution in [2.45, 2.75) is 5.92 Å². The topological polar surface area (TPSA) is 47.6 Å². The zero-order valence-electron chi connectivity index (χ0n) is 5.86. The number of benzene rings is 1. The van der Waals surface area contributed by atoms with E-state index >= 15 is 0 Å². The normalized spacial score (nSPS) is 8.64. The van der Waals surface area contributed by atoms with Crippen LogP contribution in [-0.2, 0) is 0 Å². The lowest BCUT2D eigenvalue weighted by molar-refractivity contribution is 1.10. The van der Waals surface area contributed by atoms with E-state index in [1.807, 2.05) is 30.3 Å². The van der Waals surface area contributed by atoms with Crippen LogP contribution >= 0.6 is 0 Å². The average molecular weight is 142 g/mol. The maximum absolute atomic E-state index is 8.51. The molecule has 1 rings (SSSR count). The van der Waals surface area contributed by atoms with Crippen LogP contribution in [0.2, 0.25) is 0 Å². The largest absolute Gasteiger partial charge is 0.196 e. The Labute approximate surface area is 65.3 Å². The van der Waals surface area contributed by atoms with Gasteiger partial charge < -0.3 is 0 Å². The minimum Gasteiger partial charge on any atom is -0.196 e. The third kappa shape index (κ3) is 1.56. The minimum absolute atomic E-state index is 0.629. The van der Waals surface area contributed by atoms with Crippen molar-refractivity contribution in [2.75, 3.05) is 0 Å². The van der Waals surface area contributed by atoms with E-state index in [1.54, 1.807) is 12.1 Å². The van der Waals surface area contributed by atoms with Gasteiger partial charge >= 0.3 is 0 Å². The molecule has 1 aromatic carbocycles. The van der Waals surface area contributed by atoms with Gasteiger partial charge in [-0.1, -0.05) is 30.3 Å². The molecule has 52 valence electrons. The third-order valence-corrected chi connectivity index (χ3v) is 1.39. The summed E-state index contributed by atoms with van der Waals surface area (Å²) in [4.78, 5) is 0. The Bertz CT molecular complexity index is 289. The third-order valence-electron chi connectivity index (χ3n) is 1.39. The molecular formula is C9H6N2. The van der Waals surface area contributed by atoms with Crippen LogP contribution in [0.25, 0.3) is 0 Å². The molecule has 11 heavy (non-hydrogen) atoms. The van der Waals surface area contributed by atoms with E-state index in [0.29, 0.717) is 0 Å². The van der Waals surface area contributed by atoms with Gasteiger partial charge in [-0.05, 0) is 5.56 Å². The molecule has 0 aliphatic carbocycles. The zero-order valence-corrected chi connectivity index (χ0v) is 5.86. The molecule has 0 saturated heterocycles. The number of hydrogen-bond donors (Lipinski definition) is 0. The minimum atomic E-state index is -0.629. The number of rotatable bonds is 1. The van der Waals surface area contributed by atoms with Crippen molar-refractivity contribution in [1.29, 1.82) is 10.5 Å². The molecule has 0 unspecified atom stereocenters. The fourth-order valence-corrected chi connectivity index (χ4v) is 0.823. The number of nitrogens with zero attached hydrogens (tertiary/aromatic N) is 2. The molecule has 0 aliphatic heterocycles. The zero-order chi connectivity index (χ0) is 8.10. The van der Waals surface area contributed by atoms with Crippen LogP contribution in [0, 0.1) is 22.7 Å². The van der Waals surface area contributed by atoms with Crippen molar-refractivity contribution in [3.8, 4) is 12.1 Å². The summed E-state index contributed by atoms with van der Waals surface area (Å²) in [7, 11) is 0. The van der Waals surface area contributed by atoms with Gasteiger partial charge in [-0.3, -0.25) is 0 Å². The summed E-state index contributed by atoms with van der Waals surface area (Å²) in [6.07, 6.45) is 0. The Hall–Kier alpha value is -1.80. The molecule has 0 saturated carbocycles. The molecule has 0 aliphatic rings. The molecule has 0 bridgehead atoms. The lowest BCUT2D eigenvalue weighted by atomic mass is 10.0. The molecule has 0 atom stereocenters. The molecule has 0 radical (unpaired) electrons. The smallest absolute Gasteiger partial charge is 0.158 e. The van der Waals surface area contributed by atoms with E-state index in [-0.39, 0.29) is 0 Å². The van der Waals surface area contributed by atoms with E-state index in [0.717, 1.165) is 5.56 Å². The van der Waals surface area contributed by atoms with Gasteiger partial charge in [0.05, 0.1) is 12.1 Å². The van der Waals surface area contributed by atoms with Crippen molar-refractivity contribution >= 4 is 0 Å². The van der Waals surface area contributed by atoms with Gasteiger partial charge in [-0.25, -0.2) is 0 Å². The van der Waals surface area contributed by atoms with Crippen LogP contribution in [0.15, 0.2) is 30.3 Å². The summed E-state index contributed by atoms with van der Waals surface area (Å²) in [5, 5.41) is 17.0. The molecular weight excluding hydrogens is 136 g/mol. The quantitative estimate of drug-likeness (QED) is 0.600. The van der Waals surface area contributed by atoms with Gasteiger partial charge in [0.15, 0.2) is 5.92 Å². The molecule has 2 nitrogen and oxygen atoms in total. The highest BCUT2D eigenvalue weighted by Gasteiger charge is 2.06. The van der Waals surface area contributed by atoms with E-state index in [9.17, 15) is 0 Å². The standard InChI is InChI=1S/C9H6N2/c10-6-9(7-11)8-4-2-1-3-5-8/h1-5,9H. The lowest BCUT2D eigenvalue weighted by Crippen LogP contribution is -1.89. The summed E-state index contributed by atoms with van der Waals surface area (Å²) in [5.74, 6) is -0.629. The first kappa shape index (κ1) is 7.31. The Morgan fingerprint density at radius 2 is 1.55 bits per heavy atom. The van der Waals surface area contributed by atoms with Crippen molar-refractivity contribution < 1.29 is 0 Å². The Balaban J connectivity index is 2.96. The summed E-state index contributed by atoms with van der Waals surface area (Å²) >= 11 is 0. The molecule has 0 fully saturated rings. The Morgan fingerprint density at radius 1 is 1.00 bits per heavy atom. The second kappa shape index (κ2) is 3.39. The summed E-state index contributed by atoms with van der Waals surface area (Å²) in [6, 6.07) is 12.9.